The molecule has 0 unspecified atom stereocenters. The standard InChI is InChI=1S/C14H11NO2S/c1-16-11-5-2-4-10(8-11)12-9-13(17-15-12)14-6-3-7-18-14/h2-9H,1H3. The molecule has 18 heavy (non-hydrogen) atoms. The van der Waals surface area contributed by atoms with Crippen molar-refractivity contribution in [3.63, 3.8) is 0 Å². The van der Waals surface area contributed by atoms with Crippen LogP contribution in [0.15, 0.2) is 52.4 Å². The summed E-state index contributed by atoms with van der Waals surface area (Å²) in [5.41, 5.74) is 1.80. The lowest BCUT2D eigenvalue weighted by molar-refractivity contribution is 0.414. The fourth-order valence-corrected chi connectivity index (χ4v) is 2.40. The van der Waals surface area contributed by atoms with Crippen molar-refractivity contribution in [3.8, 4) is 27.6 Å². The van der Waals surface area contributed by atoms with Crippen molar-refractivity contribution in [3.05, 3.63) is 47.8 Å². The summed E-state index contributed by atoms with van der Waals surface area (Å²) in [5.74, 6) is 1.61. The molecular formula is C14H11NO2S. The van der Waals surface area contributed by atoms with Crippen LogP contribution < -0.4 is 4.74 Å². The summed E-state index contributed by atoms with van der Waals surface area (Å²) in [6.45, 7) is 0. The monoisotopic (exact) mass is 257 g/mol. The lowest BCUT2D eigenvalue weighted by Crippen LogP contribution is -1.83. The van der Waals surface area contributed by atoms with Gasteiger partial charge >= 0.3 is 0 Å². The first kappa shape index (κ1) is 11.0. The second-order valence-corrected chi connectivity index (χ2v) is 4.73. The highest BCUT2D eigenvalue weighted by atomic mass is 32.1. The first-order chi connectivity index (χ1) is 8.86. The van der Waals surface area contributed by atoms with Crippen LogP contribution >= 0.6 is 11.3 Å². The minimum Gasteiger partial charge on any atom is -0.497 e. The Hall–Kier alpha value is -2.07. The molecule has 0 aliphatic rings. The van der Waals surface area contributed by atoms with Crippen LogP contribution in [0.5, 0.6) is 5.75 Å². The summed E-state index contributed by atoms with van der Waals surface area (Å²) >= 11 is 1.63. The largest absolute Gasteiger partial charge is 0.497 e. The third-order valence-electron chi connectivity index (χ3n) is 2.64. The Morgan fingerprint density at radius 3 is 2.89 bits per heavy atom. The molecule has 0 fully saturated rings. The van der Waals surface area contributed by atoms with Gasteiger partial charge in [0.15, 0.2) is 5.76 Å². The summed E-state index contributed by atoms with van der Waals surface area (Å²) in [6.07, 6.45) is 0. The maximum Gasteiger partial charge on any atom is 0.177 e. The highest BCUT2D eigenvalue weighted by molar-refractivity contribution is 7.13. The van der Waals surface area contributed by atoms with Gasteiger partial charge in [-0.3, -0.25) is 0 Å². The number of rotatable bonds is 3. The van der Waals surface area contributed by atoms with E-state index in [1.807, 2.05) is 47.8 Å². The SMILES string of the molecule is COc1cccc(-c2cc(-c3cccs3)on2)c1. The lowest BCUT2D eigenvalue weighted by Gasteiger charge is -2.00. The van der Waals surface area contributed by atoms with Crippen LogP contribution in [0.25, 0.3) is 21.9 Å². The molecule has 0 radical (unpaired) electrons. The number of hydrogen-bond donors (Lipinski definition) is 0. The van der Waals surface area contributed by atoms with Gasteiger partial charge in [0.25, 0.3) is 0 Å². The van der Waals surface area contributed by atoms with Crippen LogP contribution in [-0.4, -0.2) is 12.3 Å². The predicted octanol–water partition coefficient (Wildman–Crippen LogP) is 4.08. The first-order valence-electron chi connectivity index (χ1n) is 5.52. The Morgan fingerprint density at radius 1 is 1.17 bits per heavy atom. The van der Waals surface area contributed by atoms with Crippen LogP contribution in [0.1, 0.15) is 0 Å². The Labute approximate surface area is 109 Å². The van der Waals surface area contributed by atoms with Gasteiger partial charge in [0, 0.05) is 11.6 Å². The average molecular weight is 257 g/mol. The molecule has 0 bridgehead atoms. The Morgan fingerprint density at radius 2 is 2.11 bits per heavy atom. The number of aromatic nitrogens is 1. The van der Waals surface area contributed by atoms with Gasteiger partial charge in [-0.25, -0.2) is 0 Å². The van der Waals surface area contributed by atoms with Crippen molar-refractivity contribution >= 4 is 11.3 Å². The molecule has 0 amide bonds. The zero-order valence-electron chi connectivity index (χ0n) is 9.79. The molecular weight excluding hydrogens is 246 g/mol. The molecule has 0 spiro atoms. The van der Waals surface area contributed by atoms with Crippen molar-refractivity contribution in [2.45, 2.75) is 0 Å². The summed E-state index contributed by atoms with van der Waals surface area (Å²) in [7, 11) is 1.65. The third-order valence-corrected chi connectivity index (χ3v) is 3.52. The molecule has 3 rings (SSSR count). The predicted molar refractivity (Wildman–Crippen MR) is 71.8 cm³/mol. The van der Waals surface area contributed by atoms with Crippen molar-refractivity contribution in [1.82, 2.24) is 5.16 Å². The van der Waals surface area contributed by atoms with Crippen molar-refractivity contribution < 1.29 is 9.26 Å². The van der Waals surface area contributed by atoms with E-state index in [-0.39, 0.29) is 0 Å². The number of methoxy groups -OCH3 is 1. The second-order valence-electron chi connectivity index (χ2n) is 3.79. The topological polar surface area (TPSA) is 35.3 Å². The molecule has 3 aromatic rings. The molecule has 0 aliphatic carbocycles. The summed E-state index contributed by atoms with van der Waals surface area (Å²) in [5, 5.41) is 6.11. The summed E-state index contributed by atoms with van der Waals surface area (Å²) in [6, 6.07) is 13.7. The quantitative estimate of drug-likeness (QED) is 0.709. The fourth-order valence-electron chi connectivity index (χ4n) is 1.73. The Bertz CT molecular complexity index is 643. The molecule has 1 aromatic carbocycles. The number of thiophene rings is 1. The molecule has 2 heterocycles. The van der Waals surface area contributed by atoms with Crippen LogP contribution in [0.4, 0.5) is 0 Å². The van der Waals surface area contributed by atoms with E-state index < -0.39 is 0 Å². The minimum atomic E-state index is 0.794. The third kappa shape index (κ3) is 2.02. The van der Waals surface area contributed by atoms with Crippen molar-refractivity contribution in [2.24, 2.45) is 0 Å². The summed E-state index contributed by atoms with van der Waals surface area (Å²) < 4.78 is 10.6. The first-order valence-corrected chi connectivity index (χ1v) is 6.40. The summed E-state index contributed by atoms with van der Waals surface area (Å²) in [4.78, 5) is 1.08. The second kappa shape index (κ2) is 4.66. The van der Waals surface area contributed by atoms with E-state index in [1.165, 1.54) is 0 Å². The van der Waals surface area contributed by atoms with Gasteiger partial charge in [0.2, 0.25) is 0 Å². The maximum absolute atomic E-state index is 5.36. The number of benzene rings is 1. The van der Waals surface area contributed by atoms with Crippen molar-refractivity contribution in [2.75, 3.05) is 7.11 Å². The molecule has 0 atom stereocenters. The molecule has 0 N–H and O–H groups in total. The van der Waals surface area contributed by atoms with E-state index in [0.717, 1.165) is 27.6 Å². The van der Waals surface area contributed by atoms with E-state index in [4.69, 9.17) is 9.26 Å². The van der Waals surface area contributed by atoms with Crippen LogP contribution in [0, 0.1) is 0 Å². The van der Waals surface area contributed by atoms with E-state index >= 15 is 0 Å². The van der Waals surface area contributed by atoms with Gasteiger partial charge < -0.3 is 9.26 Å². The lowest BCUT2D eigenvalue weighted by atomic mass is 10.1. The van der Waals surface area contributed by atoms with Crippen LogP contribution in [-0.2, 0) is 0 Å². The zero-order valence-corrected chi connectivity index (χ0v) is 10.6. The van der Waals surface area contributed by atoms with Gasteiger partial charge in [-0.2, -0.15) is 0 Å². The highest BCUT2D eigenvalue weighted by Crippen LogP contribution is 2.30. The number of ether oxygens (including phenoxy) is 1. The Balaban J connectivity index is 1.97. The van der Waals surface area contributed by atoms with Gasteiger partial charge in [-0.1, -0.05) is 23.4 Å². The van der Waals surface area contributed by atoms with Gasteiger partial charge in [0.1, 0.15) is 11.4 Å². The fraction of sp³-hybridized carbons (Fsp3) is 0.0714. The number of nitrogens with zero attached hydrogens (tertiary/aromatic N) is 1. The number of hydrogen-bond acceptors (Lipinski definition) is 4. The van der Waals surface area contributed by atoms with E-state index in [0.29, 0.717) is 0 Å². The van der Waals surface area contributed by atoms with E-state index in [9.17, 15) is 0 Å². The molecule has 0 saturated heterocycles. The van der Waals surface area contributed by atoms with E-state index in [1.54, 1.807) is 18.4 Å². The molecule has 0 saturated carbocycles. The molecule has 3 nitrogen and oxygen atoms in total. The van der Waals surface area contributed by atoms with Crippen LogP contribution in [0.3, 0.4) is 0 Å². The molecule has 90 valence electrons. The van der Waals surface area contributed by atoms with Crippen molar-refractivity contribution in [1.29, 1.82) is 0 Å². The van der Waals surface area contributed by atoms with E-state index in [2.05, 4.69) is 5.16 Å². The smallest absolute Gasteiger partial charge is 0.177 e. The molecule has 0 aliphatic heterocycles. The van der Waals surface area contributed by atoms with Gasteiger partial charge in [-0.15, -0.1) is 11.3 Å². The van der Waals surface area contributed by atoms with Gasteiger partial charge in [0.05, 0.1) is 12.0 Å². The highest BCUT2D eigenvalue weighted by Gasteiger charge is 2.09. The van der Waals surface area contributed by atoms with Gasteiger partial charge in [-0.05, 0) is 23.6 Å². The normalized spacial score (nSPS) is 10.5. The minimum absolute atomic E-state index is 0.794. The Kier molecular flexibility index (Phi) is 2.86. The molecule has 2 aromatic heterocycles. The maximum atomic E-state index is 5.36. The average Bonchev–Trinajstić information content (AvgIpc) is 3.09. The zero-order chi connectivity index (χ0) is 12.4. The van der Waals surface area contributed by atoms with Crippen LogP contribution in [0.2, 0.25) is 0 Å². The molecule has 4 heteroatoms.